The van der Waals surface area contributed by atoms with E-state index in [9.17, 15) is 22.4 Å². The van der Waals surface area contributed by atoms with E-state index in [1.54, 1.807) is 0 Å². The van der Waals surface area contributed by atoms with Gasteiger partial charge in [0.15, 0.2) is 17.4 Å². The number of benzene rings is 2. The number of aromatic nitrogens is 3. The number of nitrogens with zero attached hydrogens (tertiary/aromatic N) is 2. The highest BCUT2D eigenvalue weighted by molar-refractivity contribution is 6.10. The van der Waals surface area contributed by atoms with Crippen LogP contribution in [0.5, 0.6) is 0 Å². The van der Waals surface area contributed by atoms with Crippen molar-refractivity contribution in [2.75, 3.05) is 31.6 Å². The van der Waals surface area contributed by atoms with E-state index in [1.807, 2.05) is 13.1 Å². The number of hydrogen-bond donors (Lipinski definition) is 3. The van der Waals surface area contributed by atoms with Gasteiger partial charge < -0.3 is 20.2 Å². The van der Waals surface area contributed by atoms with Gasteiger partial charge >= 0.3 is 6.18 Å². The Labute approximate surface area is 204 Å². The molecule has 10 heteroatoms. The number of anilines is 1. The molecule has 0 radical (unpaired) electrons. The van der Waals surface area contributed by atoms with Crippen molar-refractivity contribution >= 4 is 22.5 Å². The van der Waals surface area contributed by atoms with Crippen LogP contribution in [0.15, 0.2) is 48.7 Å². The number of fused-ring (bicyclic) bond motifs is 1. The van der Waals surface area contributed by atoms with E-state index in [-0.39, 0.29) is 16.9 Å². The number of nitrogens with one attached hydrogen (secondary N) is 3. The zero-order chi connectivity index (χ0) is 25.4. The Hall–Kier alpha value is -3.66. The Kier molecular flexibility index (Phi) is 6.29. The number of piperidine rings is 1. The second-order valence-electron chi connectivity index (χ2n) is 9.10. The van der Waals surface area contributed by atoms with Crippen LogP contribution >= 0.6 is 0 Å². The lowest BCUT2D eigenvalue weighted by Gasteiger charge is -2.34. The minimum absolute atomic E-state index is 0.0483. The third kappa shape index (κ3) is 4.60. The van der Waals surface area contributed by atoms with Gasteiger partial charge in [0.1, 0.15) is 5.52 Å². The quantitative estimate of drug-likeness (QED) is 0.246. The van der Waals surface area contributed by atoms with E-state index < -0.39 is 28.9 Å². The molecule has 0 saturated carbocycles. The molecular weight excluding hydrogens is 474 g/mol. The molecule has 3 N–H and O–H groups in total. The number of alkyl halides is 3. The van der Waals surface area contributed by atoms with Gasteiger partial charge in [0.25, 0.3) is 0 Å². The number of rotatable bonds is 6. The minimum atomic E-state index is -4.65. The average Bonchev–Trinajstić information content (AvgIpc) is 3.51. The van der Waals surface area contributed by atoms with Gasteiger partial charge in [-0.15, -0.1) is 0 Å². The van der Waals surface area contributed by atoms with Crippen molar-refractivity contribution in [1.82, 2.24) is 20.3 Å². The fourth-order valence-electron chi connectivity index (χ4n) is 4.87. The number of carbonyl (C=O) groups excluding carboxylic acids is 1. The smallest absolute Gasteiger partial charge is 0.371 e. The maximum atomic E-state index is 15.0. The normalized spacial score (nSPS) is 16.6. The Morgan fingerprint density at radius 3 is 2.81 bits per heavy atom. The Morgan fingerprint density at radius 1 is 1.22 bits per heavy atom. The fourth-order valence-corrected chi connectivity index (χ4v) is 4.87. The Bertz CT molecular complexity index is 1410. The third-order valence-corrected chi connectivity index (χ3v) is 6.58. The molecule has 3 heterocycles. The van der Waals surface area contributed by atoms with Crippen molar-refractivity contribution < 1.29 is 22.4 Å². The van der Waals surface area contributed by atoms with Crippen LogP contribution in [0.25, 0.3) is 22.6 Å². The van der Waals surface area contributed by atoms with Crippen LogP contribution in [-0.4, -0.2) is 47.4 Å². The van der Waals surface area contributed by atoms with Crippen molar-refractivity contribution in [3.8, 4) is 11.5 Å². The predicted octanol–water partition coefficient (Wildman–Crippen LogP) is 5.38. The second-order valence-corrected chi connectivity index (χ2v) is 9.10. The van der Waals surface area contributed by atoms with Crippen molar-refractivity contribution in [3.63, 3.8) is 0 Å². The molecule has 0 amide bonds. The van der Waals surface area contributed by atoms with Crippen LogP contribution in [-0.2, 0) is 6.18 Å². The summed E-state index contributed by atoms with van der Waals surface area (Å²) in [6, 6.07) is 9.40. The van der Waals surface area contributed by atoms with Gasteiger partial charge in [0.2, 0.25) is 0 Å². The van der Waals surface area contributed by atoms with Crippen LogP contribution in [0.3, 0.4) is 0 Å². The molecule has 0 bridgehead atoms. The number of H-pyrrole nitrogens is 2. The summed E-state index contributed by atoms with van der Waals surface area (Å²) in [5.41, 5.74) is 0.407. The molecule has 188 valence electrons. The summed E-state index contributed by atoms with van der Waals surface area (Å²) in [7, 11) is 1.92. The molecule has 0 unspecified atom stereocenters. The molecule has 36 heavy (non-hydrogen) atoms. The summed E-state index contributed by atoms with van der Waals surface area (Å²) in [5.74, 6) is -0.466. The molecule has 2 aromatic heterocycles. The van der Waals surface area contributed by atoms with Gasteiger partial charge in [-0.2, -0.15) is 13.2 Å². The van der Waals surface area contributed by atoms with E-state index >= 15 is 0 Å². The topological polar surface area (TPSA) is 76.8 Å². The molecule has 5 rings (SSSR count). The molecule has 0 aliphatic carbocycles. The van der Waals surface area contributed by atoms with Crippen LogP contribution < -0.4 is 10.2 Å². The summed E-state index contributed by atoms with van der Waals surface area (Å²) in [4.78, 5) is 25.3. The van der Waals surface area contributed by atoms with E-state index in [2.05, 4.69) is 25.2 Å². The molecule has 1 saturated heterocycles. The van der Waals surface area contributed by atoms with Crippen LogP contribution in [0.2, 0.25) is 0 Å². The summed E-state index contributed by atoms with van der Waals surface area (Å²) >= 11 is 0. The Balaban J connectivity index is 1.43. The molecule has 1 fully saturated rings. The van der Waals surface area contributed by atoms with Gasteiger partial charge in [0.05, 0.1) is 16.8 Å². The zero-order valence-electron chi connectivity index (χ0n) is 19.5. The fraction of sp³-hybridized carbons (Fsp3) is 0.308. The molecule has 0 spiro atoms. The predicted molar refractivity (Wildman–Crippen MR) is 130 cm³/mol. The molecule has 1 aliphatic heterocycles. The van der Waals surface area contributed by atoms with Crippen molar-refractivity contribution in [2.45, 2.75) is 19.0 Å². The molecule has 4 aromatic rings. The zero-order valence-corrected chi connectivity index (χ0v) is 19.5. The molecular formula is C26H25F4N5O. The van der Waals surface area contributed by atoms with Crippen molar-refractivity contribution in [3.05, 3.63) is 71.2 Å². The van der Waals surface area contributed by atoms with Gasteiger partial charge in [-0.25, -0.2) is 9.37 Å². The molecule has 1 atom stereocenters. The van der Waals surface area contributed by atoms with E-state index in [1.165, 1.54) is 30.5 Å². The van der Waals surface area contributed by atoms with Crippen molar-refractivity contribution in [1.29, 1.82) is 0 Å². The molecule has 2 aromatic carbocycles. The number of hydrogen-bond acceptors (Lipinski definition) is 4. The first-order valence-corrected chi connectivity index (χ1v) is 11.7. The number of imidazole rings is 1. The third-order valence-electron chi connectivity index (χ3n) is 6.58. The first-order chi connectivity index (χ1) is 17.2. The summed E-state index contributed by atoms with van der Waals surface area (Å²) < 4.78 is 55.1. The minimum Gasteiger partial charge on any atom is -0.371 e. The molecule has 6 nitrogen and oxygen atoms in total. The second kappa shape index (κ2) is 9.42. The van der Waals surface area contributed by atoms with Gasteiger partial charge in [-0.3, -0.25) is 4.79 Å². The van der Waals surface area contributed by atoms with E-state index in [0.717, 1.165) is 50.3 Å². The van der Waals surface area contributed by atoms with E-state index in [4.69, 9.17) is 0 Å². The standard InChI is InChI=1S/C26H25F4N5O/c1-31-12-15-5-4-8-35(14-15)17-10-20(27)23-21(11-17)33-25(34-23)22-9-16(13-32-22)24(36)18-6-2-3-7-19(18)26(28,29)30/h2-3,6-7,9-11,13,15,31-32H,4-5,8,12,14H2,1H3,(H,33,34)/t15-/m0/s1. The lowest BCUT2D eigenvalue weighted by atomic mass is 9.97. The summed E-state index contributed by atoms with van der Waals surface area (Å²) in [5, 5.41) is 3.20. The maximum absolute atomic E-state index is 15.0. The van der Waals surface area contributed by atoms with Crippen molar-refractivity contribution in [2.24, 2.45) is 5.92 Å². The first-order valence-electron chi connectivity index (χ1n) is 11.7. The maximum Gasteiger partial charge on any atom is 0.417 e. The lowest BCUT2D eigenvalue weighted by Crippen LogP contribution is -2.39. The van der Waals surface area contributed by atoms with Crippen LogP contribution in [0.1, 0.15) is 34.3 Å². The highest BCUT2D eigenvalue weighted by Gasteiger charge is 2.35. The highest BCUT2D eigenvalue weighted by Crippen LogP contribution is 2.34. The summed E-state index contributed by atoms with van der Waals surface area (Å²) in [6.45, 7) is 2.57. The largest absolute Gasteiger partial charge is 0.417 e. The number of halogens is 4. The lowest BCUT2D eigenvalue weighted by molar-refractivity contribution is -0.137. The Morgan fingerprint density at radius 2 is 2.03 bits per heavy atom. The number of carbonyl (C=O) groups is 1. The van der Waals surface area contributed by atoms with E-state index in [0.29, 0.717) is 17.1 Å². The number of aromatic amines is 2. The van der Waals surface area contributed by atoms with Crippen LogP contribution in [0, 0.1) is 11.7 Å². The van der Waals surface area contributed by atoms with Crippen LogP contribution in [0.4, 0.5) is 23.2 Å². The first kappa shape index (κ1) is 24.1. The summed E-state index contributed by atoms with van der Waals surface area (Å²) in [6.07, 6.45) is -1.18. The monoisotopic (exact) mass is 499 g/mol. The van der Waals surface area contributed by atoms with Gasteiger partial charge in [-0.1, -0.05) is 18.2 Å². The number of ketones is 1. The van der Waals surface area contributed by atoms with Gasteiger partial charge in [0, 0.05) is 36.1 Å². The van der Waals surface area contributed by atoms with Gasteiger partial charge in [-0.05, 0) is 56.6 Å². The molecule has 1 aliphatic rings. The SMILES string of the molecule is CNC[C@@H]1CCCN(c2cc(F)c3nc(-c4cc(C(=O)c5ccccc5C(F)(F)F)c[nH]4)[nH]c3c2)C1. The average molecular weight is 500 g/mol. The highest BCUT2D eigenvalue weighted by atomic mass is 19.4.